The molecule has 0 saturated carbocycles. The monoisotopic (exact) mass is 463 g/mol. The summed E-state index contributed by atoms with van der Waals surface area (Å²) in [7, 11) is 0. The van der Waals surface area contributed by atoms with E-state index < -0.39 is 5.97 Å². The van der Waals surface area contributed by atoms with Gasteiger partial charge in [-0.05, 0) is 60.2 Å². The van der Waals surface area contributed by atoms with Crippen LogP contribution in [0.1, 0.15) is 43.8 Å². The van der Waals surface area contributed by atoms with Crippen molar-refractivity contribution in [3.63, 3.8) is 0 Å². The summed E-state index contributed by atoms with van der Waals surface area (Å²) in [5, 5.41) is 9.51. The zero-order valence-corrected chi connectivity index (χ0v) is 19.9. The zero-order chi connectivity index (χ0) is 24.6. The van der Waals surface area contributed by atoms with Gasteiger partial charge in [0.2, 0.25) is 0 Å². The molecule has 4 rings (SSSR count). The molecule has 0 radical (unpaired) electrons. The Kier molecular flexibility index (Phi) is 7.74. The number of carboxylic acid groups (broad SMARTS) is 1. The van der Waals surface area contributed by atoms with Crippen molar-refractivity contribution in [2.75, 3.05) is 6.54 Å². The van der Waals surface area contributed by atoms with Crippen molar-refractivity contribution >= 4 is 11.9 Å². The molecular formula is C31H29NO3. The number of rotatable bonds is 9. The fourth-order valence-electron chi connectivity index (χ4n) is 4.26. The normalized spacial score (nSPS) is 10.7. The molecule has 0 aliphatic carbocycles. The van der Waals surface area contributed by atoms with Gasteiger partial charge in [0.25, 0.3) is 5.91 Å². The molecular weight excluding hydrogens is 434 g/mol. The van der Waals surface area contributed by atoms with E-state index in [4.69, 9.17) is 0 Å². The van der Waals surface area contributed by atoms with E-state index in [2.05, 4.69) is 12.1 Å². The van der Waals surface area contributed by atoms with Crippen LogP contribution in [-0.4, -0.2) is 28.4 Å². The summed E-state index contributed by atoms with van der Waals surface area (Å²) in [6.07, 6.45) is 1.77. The number of hydrogen-bond acceptors (Lipinski definition) is 2. The lowest BCUT2D eigenvalue weighted by Gasteiger charge is -2.23. The molecule has 0 aromatic heterocycles. The van der Waals surface area contributed by atoms with Gasteiger partial charge < -0.3 is 10.0 Å². The summed E-state index contributed by atoms with van der Waals surface area (Å²) < 4.78 is 0. The van der Waals surface area contributed by atoms with Gasteiger partial charge in [0, 0.05) is 18.7 Å². The van der Waals surface area contributed by atoms with Crippen LogP contribution in [-0.2, 0) is 13.0 Å². The van der Waals surface area contributed by atoms with E-state index in [1.165, 1.54) is 5.56 Å². The van der Waals surface area contributed by atoms with E-state index in [9.17, 15) is 14.7 Å². The molecule has 4 heteroatoms. The first-order valence-corrected chi connectivity index (χ1v) is 11.8. The number of aromatic carboxylic acids is 1. The van der Waals surface area contributed by atoms with Crippen LogP contribution in [0.4, 0.5) is 0 Å². The van der Waals surface area contributed by atoms with Crippen LogP contribution < -0.4 is 0 Å². The van der Waals surface area contributed by atoms with Crippen LogP contribution in [0.15, 0.2) is 103 Å². The number of nitrogens with zero attached hydrogens (tertiary/aromatic N) is 1. The van der Waals surface area contributed by atoms with Crippen LogP contribution in [0.5, 0.6) is 0 Å². The quantitative estimate of drug-likeness (QED) is 0.303. The molecule has 0 unspecified atom stereocenters. The van der Waals surface area contributed by atoms with Gasteiger partial charge in [-0.2, -0.15) is 0 Å². The van der Waals surface area contributed by atoms with Crippen LogP contribution in [0.25, 0.3) is 11.1 Å². The van der Waals surface area contributed by atoms with E-state index in [0.29, 0.717) is 24.2 Å². The maximum atomic E-state index is 13.4. The molecule has 0 fully saturated rings. The first kappa shape index (κ1) is 24.0. The minimum atomic E-state index is -0.946. The molecule has 176 valence electrons. The van der Waals surface area contributed by atoms with E-state index >= 15 is 0 Å². The Balaban J connectivity index is 1.53. The molecule has 0 bridgehead atoms. The van der Waals surface area contributed by atoms with Gasteiger partial charge in [-0.15, -0.1) is 0 Å². The molecule has 0 aliphatic rings. The van der Waals surface area contributed by atoms with Crippen molar-refractivity contribution in [3.8, 4) is 11.1 Å². The Morgan fingerprint density at radius 2 is 1.49 bits per heavy atom. The third-order valence-corrected chi connectivity index (χ3v) is 6.08. The van der Waals surface area contributed by atoms with Gasteiger partial charge in [-0.3, -0.25) is 4.79 Å². The van der Waals surface area contributed by atoms with Crippen LogP contribution in [0, 0.1) is 6.92 Å². The van der Waals surface area contributed by atoms with E-state index in [-0.39, 0.29) is 11.5 Å². The van der Waals surface area contributed by atoms with Gasteiger partial charge in [-0.1, -0.05) is 90.5 Å². The molecule has 4 aromatic carbocycles. The summed E-state index contributed by atoms with van der Waals surface area (Å²) in [6.45, 7) is 3.12. The highest BCUT2D eigenvalue weighted by Crippen LogP contribution is 2.25. The van der Waals surface area contributed by atoms with Gasteiger partial charge in [-0.25, -0.2) is 4.79 Å². The summed E-state index contributed by atoms with van der Waals surface area (Å²) in [4.78, 5) is 26.9. The minimum absolute atomic E-state index is 0.0158. The summed E-state index contributed by atoms with van der Waals surface area (Å²) in [5.41, 5.74) is 5.81. The maximum Gasteiger partial charge on any atom is 0.336 e. The summed E-state index contributed by atoms with van der Waals surface area (Å²) in [6, 6.07) is 32.8. The van der Waals surface area contributed by atoms with Gasteiger partial charge in [0.05, 0.1) is 5.56 Å². The SMILES string of the molecule is Cc1cccc(C(=O)N(CCCc2ccccc2)Cc2ccc(-c3ccccc3C(=O)O)cc2)c1. The van der Waals surface area contributed by atoms with E-state index in [1.807, 2.05) is 90.7 Å². The average Bonchev–Trinajstić information content (AvgIpc) is 2.89. The lowest BCUT2D eigenvalue weighted by atomic mass is 9.98. The summed E-state index contributed by atoms with van der Waals surface area (Å²) >= 11 is 0. The van der Waals surface area contributed by atoms with Crippen molar-refractivity contribution in [1.29, 1.82) is 0 Å². The third kappa shape index (κ3) is 6.24. The Labute approximate surface area is 206 Å². The largest absolute Gasteiger partial charge is 0.478 e. The lowest BCUT2D eigenvalue weighted by Crippen LogP contribution is -2.31. The number of carbonyl (C=O) groups excluding carboxylic acids is 1. The highest BCUT2D eigenvalue weighted by atomic mass is 16.4. The highest BCUT2D eigenvalue weighted by molar-refractivity contribution is 5.96. The topological polar surface area (TPSA) is 57.6 Å². The Hall–Kier alpha value is -4.18. The number of carbonyl (C=O) groups is 2. The molecule has 0 heterocycles. The number of carboxylic acids is 1. The number of benzene rings is 4. The fraction of sp³-hybridized carbons (Fsp3) is 0.161. The van der Waals surface area contributed by atoms with Gasteiger partial charge in [0.15, 0.2) is 0 Å². The molecule has 4 aromatic rings. The highest BCUT2D eigenvalue weighted by Gasteiger charge is 2.17. The number of amides is 1. The predicted octanol–water partition coefficient (Wildman–Crippen LogP) is 6.64. The lowest BCUT2D eigenvalue weighted by molar-refractivity contribution is 0.0696. The first-order chi connectivity index (χ1) is 17.0. The van der Waals surface area contributed by atoms with Crippen molar-refractivity contribution in [2.45, 2.75) is 26.3 Å². The minimum Gasteiger partial charge on any atom is -0.478 e. The van der Waals surface area contributed by atoms with Crippen molar-refractivity contribution in [3.05, 3.63) is 131 Å². The Morgan fingerprint density at radius 1 is 0.771 bits per heavy atom. The standard InChI is InChI=1S/C31H29NO3/c1-23-9-7-13-27(21-23)30(33)32(20-8-12-24-10-3-2-4-11-24)22-25-16-18-26(19-17-25)28-14-5-6-15-29(28)31(34)35/h2-7,9-11,13-19,21H,8,12,20,22H2,1H3,(H,34,35). The Bertz CT molecular complexity index is 1300. The zero-order valence-electron chi connectivity index (χ0n) is 19.9. The van der Waals surface area contributed by atoms with Crippen molar-refractivity contribution in [1.82, 2.24) is 4.90 Å². The predicted molar refractivity (Wildman–Crippen MR) is 140 cm³/mol. The van der Waals surface area contributed by atoms with Crippen molar-refractivity contribution in [2.24, 2.45) is 0 Å². The summed E-state index contributed by atoms with van der Waals surface area (Å²) in [5.74, 6) is -0.930. The fourth-order valence-corrected chi connectivity index (χ4v) is 4.26. The second-order valence-electron chi connectivity index (χ2n) is 8.73. The van der Waals surface area contributed by atoms with Crippen LogP contribution >= 0.6 is 0 Å². The average molecular weight is 464 g/mol. The van der Waals surface area contributed by atoms with Gasteiger partial charge in [0.1, 0.15) is 0 Å². The van der Waals surface area contributed by atoms with Crippen molar-refractivity contribution < 1.29 is 14.7 Å². The molecule has 0 aliphatic heterocycles. The van der Waals surface area contributed by atoms with E-state index in [0.717, 1.165) is 29.5 Å². The smallest absolute Gasteiger partial charge is 0.336 e. The second kappa shape index (κ2) is 11.3. The molecule has 35 heavy (non-hydrogen) atoms. The molecule has 0 atom stereocenters. The maximum absolute atomic E-state index is 13.4. The molecule has 1 N–H and O–H groups in total. The molecule has 4 nitrogen and oxygen atoms in total. The molecule has 0 saturated heterocycles. The molecule has 0 spiro atoms. The number of aryl methyl sites for hydroxylation is 2. The van der Waals surface area contributed by atoms with Gasteiger partial charge >= 0.3 is 5.97 Å². The van der Waals surface area contributed by atoms with Crippen LogP contribution in [0.3, 0.4) is 0 Å². The Morgan fingerprint density at radius 3 is 2.20 bits per heavy atom. The van der Waals surface area contributed by atoms with E-state index in [1.54, 1.807) is 12.1 Å². The molecule has 1 amide bonds. The third-order valence-electron chi connectivity index (χ3n) is 6.08. The first-order valence-electron chi connectivity index (χ1n) is 11.8. The number of hydrogen-bond donors (Lipinski definition) is 1. The second-order valence-corrected chi connectivity index (χ2v) is 8.73. The van der Waals surface area contributed by atoms with Crippen LogP contribution in [0.2, 0.25) is 0 Å².